The number of rotatable bonds is 6. The molecule has 5 heteroatoms. The molecule has 0 aliphatic rings. The molecule has 3 nitrogen and oxygen atoms in total. The monoisotopic (exact) mass is 463 g/mol. The van der Waals surface area contributed by atoms with Crippen molar-refractivity contribution in [2.24, 2.45) is 0 Å². The minimum absolute atomic E-state index is 0.517. The predicted molar refractivity (Wildman–Crippen MR) is 98.5 cm³/mol. The highest BCUT2D eigenvalue weighted by Crippen LogP contribution is 2.32. The summed E-state index contributed by atoms with van der Waals surface area (Å²) in [7, 11) is 1.70. The molecule has 0 aliphatic carbocycles. The van der Waals surface area contributed by atoms with Crippen molar-refractivity contribution in [3.63, 3.8) is 0 Å². The molecule has 1 aromatic heterocycles. The van der Waals surface area contributed by atoms with Gasteiger partial charge in [-0.25, -0.2) is 0 Å². The fourth-order valence-electron chi connectivity index (χ4n) is 2.34. The van der Waals surface area contributed by atoms with E-state index in [1.54, 1.807) is 20.1 Å². The smallest absolute Gasteiger partial charge is 0.123 e. The van der Waals surface area contributed by atoms with Gasteiger partial charge in [-0.3, -0.25) is 0 Å². The first-order valence-corrected chi connectivity index (χ1v) is 8.58. The van der Waals surface area contributed by atoms with Crippen molar-refractivity contribution in [3.05, 3.63) is 44.6 Å². The number of fused-ring (bicyclic) bond motifs is 1. The molecule has 1 aromatic carbocycles. The molecule has 0 saturated heterocycles. The standard InChI is InChI=1S/C16H19BrINO2/c1-4-16(2,20)8-7-13-12-6-5-11(17)9-14(12)19(10-21-3)15(13)18/h4-6,9,20H,1,7-8,10H2,2-3H3/t16-/m0/s1. The molecule has 2 aromatic rings. The van der Waals surface area contributed by atoms with E-state index in [9.17, 15) is 5.11 Å². The van der Waals surface area contributed by atoms with Crippen molar-refractivity contribution < 1.29 is 9.84 Å². The van der Waals surface area contributed by atoms with Crippen molar-refractivity contribution in [1.82, 2.24) is 4.57 Å². The summed E-state index contributed by atoms with van der Waals surface area (Å²) in [5.74, 6) is 0. The molecule has 0 saturated carbocycles. The third-order valence-electron chi connectivity index (χ3n) is 3.64. The van der Waals surface area contributed by atoms with Gasteiger partial charge in [0.15, 0.2) is 0 Å². The molecule has 0 fully saturated rings. The third kappa shape index (κ3) is 3.70. The van der Waals surface area contributed by atoms with Crippen LogP contribution < -0.4 is 0 Å². The highest BCUT2D eigenvalue weighted by atomic mass is 127. The van der Waals surface area contributed by atoms with Crippen LogP contribution in [0.15, 0.2) is 35.3 Å². The predicted octanol–water partition coefficient (Wildman–Crippen LogP) is 4.48. The van der Waals surface area contributed by atoms with Gasteiger partial charge in [-0.2, -0.15) is 0 Å². The average Bonchev–Trinajstić information content (AvgIpc) is 2.70. The molecule has 0 spiro atoms. The lowest BCUT2D eigenvalue weighted by molar-refractivity contribution is 0.102. The molecule has 0 bridgehead atoms. The Hall–Kier alpha value is -0.370. The second kappa shape index (κ2) is 6.81. The first-order valence-electron chi connectivity index (χ1n) is 6.70. The lowest BCUT2D eigenvalue weighted by Crippen LogP contribution is -2.21. The summed E-state index contributed by atoms with van der Waals surface area (Å²) in [6, 6.07) is 6.27. The van der Waals surface area contributed by atoms with E-state index < -0.39 is 5.60 Å². The van der Waals surface area contributed by atoms with Crippen LogP contribution in [0, 0.1) is 3.70 Å². The Morgan fingerprint density at radius 3 is 2.86 bits per heavy atom. The van der Waals surface area contributed by atoms with Crippen LogP contribution in [0.2, 0.25) is 0 Å². The van der Waals surface area contributed by atoms with Crippen LogP contribution in [0.3, 0.4) is 0 Å². The van der Waals surface area contributed by atoms with Gasteiger partial charge in [0.1, 0.15) is 6.73 Å². The number of halogens is 2. The quantitative estimate of drug-likeness (QED) is 0.506. The maximum absolute atomic E-state index is 10.1. The lowest BCUT2D eigenvalue weighted by Gasteiger charge is -2.18. The minimum Gasteiger partial charge on any atom is -0.386 e. The SMILES string of the molecule is C=C[C@](C)(O)CCc1c(I)n(COC)c2cc(Br)ccc12. The summed E-state index contributed by atoms with van der Waals surface area (Å²) in [6.07, 6.45) is 3.05. The normalized spacial score (nSPS) is 14.3. The number of methoxy groups -OCH3 is 1. The summed E-state index contributed by atoms with van der Waals surface area (Å²) in [4.78, 5) is 0. The van der Waals surface area contributed by atoms with Gasteiger partial charge in [0, 0.05) is 17.0 Å². The van der Waals surface area contributed by atoms with Gasteiger partial charge in [-0.1, -0.05) is 28.1 Å². The zero-order valence-electron chi connectivity index (χ0n) is 12.2. The van der Waals surface area contributed by atoms with Gasteiger partial charge < -0.3 is 14.4 Å². The largest absolute Gasteiger partial charge is 0.386 e. The van der Waals surface area contributed by atoms with Crippen LogP contribution in [-0.4, -0.2) is 22.4 Å². The first kappa shape index (κ1) is 17.0. The molecule has 1 N–H and O–H groups in total. The molecule has 21 heavy (non-hydrogen) atoms. The third-order valence-corrected chi connectivity index (χ3v) is 5.37. The van der Waals surface area contributed by atoms with Crippen molar-refractivity contribution >= 4 is 49.4 Å². The fraction of sp³-hybridized carbons (Fsp3) is 0.375. The maximum Gasteiger partial charge on any atom is 0.123 e. The van der Waals surface area contributed by atoms with E-state index in [2.05, 4.69) is 61.8 Å². The van der Waals surface area contributed by atoms with Gasteiger partial charge in [0.25, 0.3) is 0 Å². The zero-order valence-corrected chi connectivity index (χ0v) is 15.9. The molecular formula is C16H19BrINO2. The van der Waals surface area contributed by atoms with Crippen LogP contribution in [-0.2, 0) is 17.9 Å². The second-order valence-electron chi connectivity index (χ2n) is 5.34. The molecule has 0 unspecified atom stereocenters. The highest BCUT2D eigenvalue weighted by molar-refractivity contribution is 14.1. The van der Waals surface area contributed by atoms with E-state index in [-0.39, 0.29) is 0 Å². The molecule has 1 atom stereocenters. The van der Waals surface area contributed by atoms with Gasteiger partial charge in [-0.05, 0) is 60.1 Å². The molecule has 0 aliphatic heterocycles. The van der Waals surface area contributed by atoms with E-state index in [1.165, 1.54) is 10.9 Å². The Labute approximate surface area is 147 Å². The number of aliphatic hydroxyl groups is 1. The number of aromatic nitrogens is 1. The summed E-state index contributed by atoms with van der Waals surface area (Å²) >= 11 is 5.88. The van der Waals surface area contributed by atoms with Gasteiger partial charge in [0.05, 0.1) is 14.8 Å². The second-order valence-corrected chi connectivity index (χ2v) is 7.28. The van der Waals surface area contributed by atoms with E-state index in [4.69, 9.17) is 4.74 Å². The summed E-state index contributed by atoms with van der Waals surface area (Å²) in [6.45, 7) is 6.00. The first-order chi connectivity index (χ1) is 9.89. The van der Waals surface area contributed by atoms with E-state index in [0.29, 0.717) is 13.2 Å². The van der Waals surface area contributed by atoms with Crippen molar-refractivity contribution in [2.75, 3.05) is 7.11 Å². The van der Waals surface area contributed by atoms with Gasteiger partial charge >= 0.3 is 0 Å². The topological polar surface area (TPSA) is 34.4 Å². The van der Waals surface area contributed by atoms with Crippen LogP contribution in [0.1, 0.15) is 18.9 Å². The van der Waals surface area contributed by atoms with Gasteiger partial charge in [0.2, 0.25) is 0 Å². The van der Waals surface area contributed by atoms with E-state index >= 15 is 0 Å². The number of hydrogen-bond donors (Lipinski definition) is 1. The molecule has 1 heterocycles. The number of aryl methyl sites for hydroxylation is 1. The molecular weight excluding hydrogens is 445 g/mol. The molecule has 2 rings (SSSR count). The van der Waals surface area contributed by atoms with Gasteiger partial charge in [-0.15, -0.1) is 6.58 Å². The number of nitrogens with zero attached hydrogens (tertiary/aromatic N) is 1. The van der Waals surface area contributed by atoms with Crippen LogP contribution in [0.5, 0.6) is 0 Å². The number of benzene rings is 1. The van der Waals surface area contributed by atoms with Crippen molar-refractivity contribution in [2.45, 2.75) is 32.1 Å². The number of ether oxygens (including phenoxy) is 1. The summed E-state index contributed by atoms with van der Waals surface area (Å²) in [5.41, 5.74) is 1.55. The molecule has 114 valence electrons. The average molecular weight is 464 g/mol. The van der Waals surface area contributed by atoms with E-state index in [1.807, 2.05) is 6.07 Å². The fourth-order valence-corrected chi connectivity index (χ4v) is 3.64. The highest BCUT2D eigenvalue weighted by Gasteiger charge is 2.20. The Morgan fingerprint density at radius 2 is 2.24 bits per heavy atom. The van der Waals surface area contributed by atoms with Crippen LogP contribution >= 0.6 is 38.5 Å². The Morgan fingerprint density at radius 1 is 1.52 bits per heavy atom. The summed E-state index contributed by atoms with van der Waals surface area (Å²) in [5, 5.41) is 11.4. The maximum atomic E-state index is 10.1. The molecule has 0 amide bonds. The Kier molecular flexibility index (Phi) is 5.51. The summed E-state index contributed by atoms with van der Waals surface area (Å²) < 4.78 is 9.67. The zero-order chi connectivity index (χ0) is 15.6. The lowest BCUT2D eigenvalue weighted by atomic mass is 9.97. The molecule has 0 radical (unpaired) electrons. The Balaban J connectivity index is 2.48. The van der Waals surface area contributed by atoms with Crippen LogP contribution in [0.25, 0.3) is 10.9 Å². The van der Waals surface area contributed by atoms with Crippen molar-refractivity contribution in [3.8, 4) is 0 Å². The number of hydrogen-bond acceptors (Lipinski definition) is 2. The minimum atomic E-state index is -0.839. The van der Waals surface area contributed by atoms with Crippen LogP contribution in [0.4, 0.5) is 0 Å². The van der Waals surface area contributed by atoms with Crippen molar-refractivity contribution in [1.29, 1.82) is 0 Å². The Bertz CT molecular complexity index is 664. The van der Waals surface area contributed by atoms with E-state index in [0.717, 1.165) is 20.1 Å².